The van der Waals surface area contributed by atoms with Crippen molar-refractivity contribution in [3.8, 4) is 11.5 Å². The van der Waals surface area contributed by atoms with Gasteiger partial charge < -0.3 is 9.84 Å². The summed E-state index contributed by atoms with van der Waals surface area (Å²) in [5.74, 6) is 1.88. The van der Waals surface area contributed by atoms with Gasteiger partial charge in [-0.15, -0.1) is 0 Å². The normalized spacial score (nSPS) is 11.5. The van der Waals surface area contributed by atoms with E-state index >= 15 is 0 Å². The number of hydrogen-bond acceptors (Lipinski definition) is 2. The molecule has 0 aliphatic carbocycles. The molecule has 0 aliphatic heterocycles. The van der Waals surface area contributed by atoms with E-state index in [2.05, 4.69) is 94.1 Å². The topological polar surface area (TPSA) is 29.5 Å². The van der Waals surface area contributed by atoms with Gasteiger partial charge in [0.25, 0.3) is 0 Å². The quantitative estimate of drug-likeness (QED) is 0.294. The Morgan fingerprint density at radius 1 is 0.788 bits per heavy atom. The van der Waals surface area contributed by atoms with E-state index in [1.54, 1.807) is 0 Å². The lowest BCUT2D eigenvalue weighted by atomic mass is 9.87. The Bertz CT molecular complexity index is 1270. The highest BCUT2D eigenvalue weighted by molar-refractivity contribution is 5.86. The van der Waals surface area contributed by atoms with Crippen LogP contribution < -0.4 is 4.74 Å². The molecule has 0 saturated heterocycles. The third kappa shape index (κ3) is 5.64. The molecule has 0 aromatic heterocycles. The van der Waals surface area contributed by atoms with Crippen LogP contribution in [0.3, 0.4) is 0 Å². The summed E-state index contributed by atoms with van der Waals surface area (Å²) in [6, 6.07) is 29.5. The largest absolute Gasteiger partial charge is 0.513 e. The van der Waals surface area contributed by atoms with Crippen molar-refractivity contribution >= 4 is 10.8 Å². The number of fused-ring (bicyclic) bond motifs is 1. The summed E-state index contributed by atoms with van der Waals surface area (Å²) in [6.45, 7) is 10.3. The smallest absolute Gasteiger partial charge is 0.127 e. The molecule has 0 spiro atoms. The Morgan fingerprint density at radius 2 is 1.52 bits per heavy atom. The first kappa shape index (κ1) is 22.7. The number of hydrogen-bond donors (Lipinski definition) is 1. The zero-order valence-corrected chi connectivity index (χ0v) is 19.8. The number of rotatable bonds is 7. The molecule has 0 bridgehead atoms. The Morgan fingerprint density at radius 3 is 2.30 bits per heavy atom. The first-order valence-electron chi connectivity index (χ1n) is 11.5. The van der Waals surface area contributed by atoms with E-state index in [1.165, 1.54) is 33.0 Å². The lowest BCUT2D eigenvalue weighted by Crippen LogP contribution is -2.10. The monoisotopic (exact) mass is 436 g/mol. The Labute approximate surface area is 197 Å². The highest BCUT2D eigenvalue weighted by Crippen LogP contribution is 2.31. The van der Waals surface area contributed by atoms with Crippen molar-refractivity contribution in [2.24, 2.45) is 0 Å². The van der Waals surface area contributed by atoms with Crippen molar-refractivity contribution in [1.29, 1.82) is 0 Å². The molecule has 4 aromatic rings. The molecule has 0 amide bonds. The van der Waals surface area contributed by atoms with Crippen LogP contribution in [0.1, 0.15) is 49.4 Å². The number of aliphatic hydroxyl groups excluding tert-OH is 1. The fourth-order valence-corrected chi connectivity index (χ4v) is 4.17. The predicted molar refractivity (Wildman–Crippen MR) is 139 cm³/mol. The van der Waals surface area contributed by atoms with Gasteiger partial charge >= 0.3 is 0 Å². The average Bonchev–Trinajstić information content (AvgIpc) is 2.78. The van der Waals surface area contributed by atoms with Gasteiger partial charge in [0.2, 0.25) is 0 Å². The molecule has 2 heteroatoms. The van der Waals surface area contributed by atoms with Crippen molar-refractivity contribution in [3.63, 3.8) is 0 Å². The standard InChI is InChI=1S/C31H32O2/c1-22(32)15-16-23-17-18-29(33-28-13-8-12-27(21-28)31(2,3)4)20-26(23)19-25-11-7-10-24-9-5-6-14-30(24)25/h5-14,17-18,20-21,32H,1,15-16,19H2,2-4H3. The van der Waals surface area contributed by atoms with Gasteiger partial charge in [-0.1, -0.05) is 88.0 Å². The number of benzene rings is 4. The molecule has 4 aromatic carbocycles. The van der Waals surface area contributed by atoms with Crippen LogP contribution in [0, 0.1) is 0 Å². The lowest BCUT2D eigenvalue weighted by Gasteiger charge is -2.20. The molecule has 0 radical (unpaired) electrons. The van der Waals surface area contributed by atoms with E-state index in [4.69, 9.17) is 4.74 Å². The SMILES string of the molecule is C=C(O)CCc1ccc(Oc2cccc(C(C)(C)C)c2)cc1Cc1cccc2ccccc12. The maximum absolute atomic E-state index is 9.66. The van der Waals surface area contributed by atoms with Crippen LogP contribution in [-0.2, 0) is 18.3 Å². The molecule has 33 heavy (non-hydrogen) atoms. The fourth-order valence-electron chi connectivity index (χ4n) is 4.17. The van der Waals surface area contributed by atoms with Crippen LogP contribution in [0.5, 0.6) is 11.5 Å². The average molecular weight is 437 g/mol. The minimum absolute atomic E-state index is 0.0649. The summed E-state index contributed by atoms with van der Waals surface area (Å²) in [7, 11) is 0. The molecule has 2 nitrogen and oxygen atoms in total. The summed E-state index contributed by atoms with van der Waals surface area (Å²) in [5, 5.41) is 12.2. The molecule has 1 N–H and O–H groups in total. The summed E-state index contributed by atoms with van der Waals surface area (Å²) in [5.41, 5.74) is 5.00. The maximum Gasteiger partial charge on any atom is 0.127 e. The van der Waals surface area contributed by atoms with Crippen LogP contribution in [0.2, 0.25) is 0 Å². The number of allylic oxidation sites excluding steroid dienone is 1. The highest BCUT2D eigenvalue weighted by Gasteiger charge is 2.15. The number of ether oxygens (including phenoxy) is 1. The van der Waals surface area contributed by atoms with E-state index < -0.39 is 0 Å². The third-order valence-corrected chi connectivity index (χ3v) is 6.06. The Balaban J connectivity index is 1.68. The van der Waals surface area contributed by atoms with Crippen LogP contribution in [0.25, 0.3) is 10.8 Å². The minimum Gasteiger partial charge on any atom is -0.513 e. The molecule has 168 valence electrons. The van der Waals surface area contributed by atoms with Gasteiger partial charge in [-0.25, -0.2) is 0 Å². The van der Waals surface area contributed by atoms with E-state index in [1.807, 2.05) is 18.2 Å². The van der Waals surface area contributed by atoms with Gasteiger partial charge in [0.1, 0.15) is 11.5 Å². The third-order valence-electron chi connectivity index (χ3n) is 6.06. The van der Waals surface area contributed by atoms with Crippen LogP contribution in [0.15, 0.2) is 97.3 Å². The van der Waals surface area contributed by atoms with Gasteiger partial charge in [0, 0.05) is 6.42 Å². The summed E-state index contributed by atoms with van der Waals surface area (Å²) >= 11 is 0. The molecular weight excluding hydrogens is 404 g/mol. The summed E-state index contributed by atoms with van der Waals surface area (Å²) in [6.07, 6.45) is 2.10. The Kier molecular flexibility index (Phi) is 6.55. The molecule has 0 saturated carbocycles. The second kappa shape index (κ2) is 9.54. The van der Waals surface area contributed by atoms with Crippen molar-refractivity contribution < 1.29 is 9.84 Å². The van der Waals surface area contributed by atoms with Crippen molar-refractivity contribution in [2.75, 3.05) is 0 Å². The molecule has 0 aliphatic rings. The van der Waals surface area contributed by atoms with Crippen LogP contribution in [0.4, 0.5) is 0 Å². The van der Waals surface area contributed by atoms with E-state index in [-0.39, 0.29) is 11.2 Å². The fraction of sp³-hybridized carbons (Fsp3) is 0.226. The van der Waals surface area contributed by atoms with Crippen molar-refractivity contribution in [2.45, 2.75) is 45.4 Å². The molecule has 0 atom stereocenters. The molecule has 0 heterocycles. The second-order valence-electron chi connectivity index (χ2n) is 9.69. The molecular formula is C31H32O2. The van der Waals surface area contributed by atoms with Gasteiger partial charge in [-0.2, -0.15) is 0 Å². The van der Waals surface area contributed by atoms with Gasteiger partial charge in [-0.05, 0) is 75.5 Å². The zero-order chi connectivity index (χ0) is 23.4. The van der Waals surface area contributed by atoms with Gasteiger partial charge in [0.15, 0.2) is 0 Å². The minimum atomic E-state index is 0.0649. The maximum atomic E-state index is 9.66. The highest BCUT2D eigenvalue weighted by atomic mass is 16.5. The van der Waals surface area contributed by atoms with E-state index in [0.29, 0.717) is 6.42 Å². The lowest BCUT2D eigenvalue weighted by molar-refractivity contribution is 0.391. The van der Waals surface area contributed by atoms with E-state index in [0.717, 1.165) is 24.3 Å². The van der Waals surface area contributed by atoms with Gasteiger partial charge in [-0.3, -0.25) is 0 Å². The summed E-state index contributed by atoms with van der Waals surface area (Å²) < 4.78 is 6.29. The van der Waals surface area contributed by atoms with Crippen molar-refractivity contribution in [3.05, 3.63) is 120 Å². The molecule has 4 rings (SSSR count). The van der Waals surface area contributed by atoms with Gasteiger partial charge in [0.05, 0.1) is 5.76 Å². The zero-order valence-electron chi connectivity index (χ0n) is 19.8. The Hall–Kier alpha value is -3.52. The predicted octanol–water partition coefficient (Wildman–Crippen LogP) is 8.52. The summed E-state index contributed by atoms with van der Waals surface area (Å²) in [4.78, 5) is 0. The second-order valence-corrected chi connectivity index (χ2v) is 9.69. The first-order valence-corrected chi connectivity index (χ1v) is 11.5. The molecule has 0 unspecified atom stereocenters. The number of aryl methyl sites for hydroxylation is 1. The van der Waals surface area contributed by atoms with Crippen LogP contribution >= 0.6 is 0 Å². The van der Waals surface area contributed by atoms with Crippen LogP contribution in [-0.4, -0.2) is 5.11 Å². The van der Waals surface area contributed by atoms with E-state index in [9.17, 15) is 5.11 Å². The number of aliphatic hydroxyl groups is 1. The van der Waals surface area contributed by atoms with Crippen molar-refractivity contribution in [1.82, 2.24) is 0 Å². The first-order chi connectivity index (χ1) is 15.8. The molecule has 0 fully saturated rings.